The van der Waals surface area contributed by atoms with Gasteiger partial charge in [0.05, 0.1) is 11.7 Å². The van der Waals surface area contributed by atoms with Crippen molar-refractivity contribution >= 4 is 28.5 Å². The van der Waals surface area contributed by atoms with Crippen molar-refractivity contribution in [2.45, 2.75) is 45.4 Å². The lowest BCUT2D eigenvalue weighted by atomic mass is 10.1. The number of aliphatic hydroxyl groups excluding tert-OH is 1. The minimum atomic E-state index is -1.49. The highest BCUT2D eigenvalue weighted by Crippen LogP contribution is 2.31. The van der Waals surface area contributed by atoms with Crippen LogP contribution in [0.2, 0.25) is 0 Å². The minimum Gasteiger partial charge on any atom is -0.477 e. The number of aliphatic hydroxyl groups is 1. The number of aromatic nitrogens is 1. The van der Waals surface area contributed by atoms with Crippen molar-refractivity contribution in [2.75, 3.05) is 18.4 Å². The van der Waals surface area contributed by atoms with Crippen LogP contribution in [0.1, 0.15) is 43.1 Å². The van der Waals surface area contributed by atoms with Crippen molar-refractivity contribution in [1.29, 1.82) is 0 Å². The Morgan fingerprint density at radius 2 is 1.85 bits per heavy atom. The zero-order valence-electron chi connectivity index (χ0n) is 18.2. The molecule has 33 heavy (non-hydrogen) atoms. The summed E-state index contributed by atoms with van der Waals surface area (Å²) in [6, 6.07) is 0.197. The molecule has 0 aliphatic heterocycles. The number of carboxylic acid groups (broad SMARTS) is 1. The first kappa shape index (κ1) is 26.4. The van der Waals surface area contributed by atoms with E-state index in [4.69, 9.17) is 4.74 Å². The van der Waals surface area contributed by atoms with E-state index >= 15 is 0 Å². The van der Waals surface area contributed by atoms with Crippen molar-refractivity contribution in [3.63, 3.8) is 0 Å². The number of anilines is 1. The van der Waals surface area contributed by atoms with Gasteiger partial charge in [0.25, 0.3) is 0 Å². The molecule has 0 bridgehead atoms. The molecule has 0 radical (unpaired) electrons. The standard InChI is InChI=1S/C20H25F3N4O5S/c1-20(2,3)25-8-11(28)4-5-24-19(31)26-17-15(18(29)30)16(27-33-17)32-9-12-13(22)6-10(21)7-14(12)23/h6-7,11,25,28H,4-5,8-9H2,1-3H3,(H,29,30)(H2,24,26,31). The highest BCUT2D eigenvalue weighted by molar-refractivity contribution is 7.11. The highest BCUT2D eigenvalue weighted by Gasteiger charge is 2.24. The summed E-state index contributed by atoms with van der Waals surface area (Å²) in [4.78, 5) is 23.7. The lowest BCUT2D eigenvalue weighted by molar-refractivity contribution is 0.0693. The maximum absolute atomic E-state index is 13.8. The minimum absolute atomic E-state index is 0.118. The van der Waals surface area contributed by atoms with Gasteiger partial charge in [0, 0.05) is 30.8 Å². The molecule has 0 fully saturated rings. The molecule has 1 aromatic carbocycles. The number of carboxylic acids is 1. The Labute approximate surface area is 192 Å². The van der Waals surface area contributed by atoms with E-state index in [1.165, 1.54) is 0 Å². The van der Waals surface area contributed by atoms with Crippen molar-refractivity contribution in [3.05, 3.63) is 40.7 Å². The van der Waals surface area contributed by atoms with Gasteiger partial charge in [-0.25, -0.2) is 22.8 Å². The van der Waals surface area contributed by atoms with E-state index < -0.39 is 59.2 Å². The number of halogens is 3. The van der Waals surface area contributed by atoms with E-state index in [0.717, 1.165) is 0 Å². The number of carbonyl (C=O) groups excluding carboxylic acids is 1. The topological polar surface area (TPSA) is 133 Å². The number of β-amino-alcohol motifs (C(OH)–C–C–N with tert-alkyl or cyclic N) is 1. The highest BCUT2D eigenvalue weighted by atomic mass is 32.1. The fourth-order valence-electron chi connectivity index (χ4n) is 2.52. The summed E-state index contributed by atoms with van der Waals surface area (Å²) >= 11 is 0.595. The molecule has 1 atom stereocenters. The van der Waals surface area contributed by atoms with Gasteiger partial charge in [-0.3, -0.25) is 5.32 Å². The number of carbonyl (C=O) groups is 2. The van der Waals surface area contributed by atoms with E-state index in [1.807, 2.05) is 20.8 Å². The van der Waals surface area contributed by atoms with Crippen molar-refractivity contribution in [2.24, 2.45) is 0 Å². The molecule has 13 heteroatoms. The Bertz CT molecular complexity index is 974. The van der Waals surface area contributed by atoms with Crippen molar-refractivity contribution < 1.29 is 37.7 Å². The maximum Gasteiger partial charge on any atom is 0.344 e. The number of rotatable bonds is 10. The third-order valence-corrected chi connectivity index (χ3v) is 4.94. The molecule has 2 rings (SSSR count). The van der Waals surface area contributed by atoms with E-state index in [9.17, 15) is 33.0 Å². The number of nitrogens with one attached hydrogen (secondary N) is 3. The molecule has 1 unspecified atom stereocenters. The summed E-state index contributed by atoms with van der Waals surface area (Å²) in [5, 5.41) is 27.1. The van der Waals surface area contributed by atoms with Gasteiger partial charge in [0.15, 0.2) is 5.56 Å². The zero-order chi connectivity index (χ0) is 24.8. The van der Waals surface area contributed by atoms with Crippen LogP contribution in [0.15, 0.2) is 12.1 Å². The second-order valence-electron chi connectivity index (χ2n) is 8.09. The molecule has 0 spiro atoms. The van der Waals surface area contributed by atoms with Gasteiger partial charge >= 0.3 is 12.0 Å². The normalized spacial score (nSPS) is 12.3. The quantitative estimate of drug-likeness (QED) is 0.346. The van der Waals surface area contributed by atoms with Crippen LogP contribution in [0.5, 0.6) is 5.88 Å². The number of hydrogen-bond donors (Lipinski definition) is 5. The molecule has 1 heterocycles. The molecule has 0 aliphatic rings. The molecular formula is C20H25F3N4O5S. The summed E-state index contributed by atoms with van der Waals surface area (Å²) in [6.45, 7) is 5.56. The number of nitrogens with zero attached hydrogens (tertiary/aromatic N) is 1. The van der Waals surface area contributed by atoms with Gasteiger partial charge in [0.2, 0.25) is 5.88 Å². The molecule has 0 saturated carbocycles. The second-order valence-corrected chi connectivity index (χ2v) is 8.86. The van der Waals surface area contributed by atoms with Gasteiger partial charge < -0.3 is 25.6 Å². The average molecular weight is 491 g/mol. The molecule has 2 amide bonds. The molecule has 1 aromatic heterocycles. The lowest BCUT2D eigenvalue weighted by Crippen LogP contribution is -2.42. The monoisotopic (exact) mass is 490 g/mol. The smallest absolute Gasteiger partial charge is 0.344 e. The molecule has 0 saturated heterocycles. The Hall–Kier alpha value is -2.90. The van der Waals surface area contributed by atoms with Crippen LogP contribution < -0.4 is 20.7 Å². The lowest BCUT2D eigenvalue weighted by Gasteiger charge is -2.22. The summed E-state index contributed by atoms with van der Waals surface area (Å²) in [5.74, 6) is -5.45. The van der Waals surface area contributed by atoms with Gasteiger partial charge in [-0.2, -0.15) is 4.37 Å². The van der Waals surface area contributed by atoms with Crippen LogP contribution in [0, 0.1) is 17.5 Å². The predicted octanol–water partition coefficient (Wildman–Crippen LogP) is 3.10. The van der Waals surface area contributed by atoms with E-state index in [2.05, 4.69) is 20.3 Å². The van der Waals surface area contributed by atoms with Crippen molar-refractivity contribution in [1.82, 2.24) is 15.0 Å². The van der Waals surface area contributed by atoms with E-state index in [1.54, 1.807) is 0 Å². The summed E-state index contributed by atoms with van der Waals surface area (Å²) in [7, 11) is 0. The fourth-order valence-corrected chi connectivity index (χ4v) is 3.25. The number of ether oxygens (including phenoxy) is 1. The molecule has 0 aliphatic carbocycles. The Balaban J connectivity index is 1.95. The van der Waals surface area contributed by atoms with Crippen molar-refractivity contribution in [3.8, 4) is 5.88 Å². The number of hydrogen-bond acceptors (Lipinski definition) is 7. The third-order valence-electron chi connectivity index (χ3n) is 4.19. The van der Waals surface area contributed by atoms with Gasteiger partial charge in [-0.1, -0.05) is 0 Å². The van der Waals surface area contributed by atoms with Gasteiger partial charge in [-0.05, 0) is 38.7 Å². The average Bonchev–Trinajstić information content (AvgIpc) is 3.07. The number of benzene rings is 1. The molecule has 5 N–H and O–H groups in total. The summed E-state index contributed by atoms with van der Waals surface area (Å²) < 4.78 is 49.4. The largest absolute Gasteiger partial charge is 0.477 e. The maximum atomic E-state index is 13.8. The molecule has 9 nitrogen and oxygen atoms in total. The summed E-state index contributed by atoms with van der Waals surface area (Å²) in [5.41, 5.74) is -1.28. The van der Waals surface area contributed by atoms with E-state index in [-0.39, 0.29) is 23.5 Å². The van der Waals surface area contributed by atoms with Gasteiger partial charge in [0.1, 0.15) is 29.1 Å². The number of amides is 2. The molecular weight excluding hydrogens is 465 g/mol. The number of aromatic carboxylic acids is 1. The SMILES string of the molecule is CC(C)(C)NCC(O)CCNC(=O)Nc1snc(OCc2c(F)cc(F)cc2F)c1C(=O)O. The Morgan fingerprint density at radius 1 is 1.21 bits per heavy atom. The fraction of sp³-hybridized carbons (Fsp3) is 0.450. The van der Waals surface area contributed by atoms with Crippen LogP contribution in [0.25, 0.3) is 0 Å². The Morgan fingerprint density at radius 3 is 2.42 bits per heavy atom. The molecule has 2 aromatic rings. The van der Waals surface area contributed by atoms with Crippen LogP contribution >= 0.6 is 11.5 Å². The zero-order valence-corrected chi connectivity index (χ0v) is 19.0. The van der Waals surface area contributed by atoms with E-state index in [0.29, 0.717) is 30.2 Å². The Kier molecular flexibility index (Phi) is 9.02. The number of urea groups is 1. The second kappa shape index (κ2) is 11.3. The first-order valence-electron chi connectivity index (χ1n) is 9.84. The molecule has 182 valence electrons. The predicted molar refractivity (Wildman–Crippen MR) is 115 cm³/mol. The first-order valence-corrected chi connectivity index (χ1v) is 10.6. The first-order chi connectivity index (χ1) is 15.4. The van der Waals surface area contributed by atoms with Crippen LogP contribution in [-0.2, 0) is 6.61 Å². The van der Waals surface area contributed by atoms with Crippen LogP contribution in [-0.4, -0.2) is 51.3 Å². The third kappa shape index (κ3) is 8.18. The van der Waals surface area contributed by atoms with Gasteiger partial charge in [-0.15, -0.1) is 0 Å². The summed E-state index contributed by atoms with van der Waals surface area (Å²) in [6.07, 6.45) is -0.441. The van der Waals surface area contributed by atoms with Crippen LogP contribution in [0.3, 0.4) is 0 Å². The van der Waals surface area contributed by atoms with Crippen LogP contribution in [0.4, 0.5) is 23.0 Å².